The Morgan fingerprint density at radius 2 is 2.19 bits per heavy atom. The predicted octanol–water partition coefficient (Wildman–Crippen LogP) is 2.78. The van der Waals surface area contributed by atoms with Gasteiger partial charge < -0.3 is 24.1 Å². The van der Waals surface area contributed by atoms with Gasteiger partial charge in [-0.1, -0.05) is 0 Å². The number of methoxy groups -OCH3 is 1. The number of hydrogen-bond acceptors (Lipinski definition) is 5. The molecule has 0 saturated heterocycles. The van der Waals surface area contributed by atoms with Crippen molar-refractivity contribution in [2.24, 2.45) is 0 Å². The number of aromatic amines is 1. The van der Waals surface area contributed by atoms with Gasteiger partial charge in [0.15, 0.2) is 11.6 Å². The average Bonchev–Trinajstić information content (AvgIpc) is 3.22. The number of rotatable bonds is 2. The summed E-state index contributed by atoms with van der Waals surface area (Å²) in [5, 5.41) is 9.10. The highest BCUT2D eigenvalue weighted by Gasteiger charge is 2.25. The first-order chi connectivity index (χ1) is 12.5. The Hall–Kier alpha value is -3.36. The van der Waals surface area contributed by atoms with E-state index in [1.807, 2.05) is 0 Å². The Morgan fingerprint density at radius 3 is 2.92 bits per heavy atom. The first-order valence-corrected chi connectivity index (χ1v) is 7.83. The number of carboxylic acid groups (broad SMARTS) is 1. The van der Waals surface area contributed by atoms with E-state index in [1.54, 1.807) is 6.07 Å². The Balaban J connectivity index is 1.77. The van der Waals surface area contributed by atoms with Crippen LogP contribution in [0.15, 0.2) is 22.6 Å². The Morgan fingerprint density at radius 1 is 1.38 bits per heavy atom. The smallest absolute Gasteiger partial charge is 0.407 e. The van der Waals surface area contributed by atoms with E-state index >= 15 is 0 Å². The molecule has 2 N–H and O–H groups in total. The summed E-state index contributed by atoms with van der Waals surface area (Å²) in [6, 6.07) is 4.07. The van der Waals surface area contributed by atoms with Gasteiger partial charge in [0, 0.05) is 6.54 Å². The number of nitrogens with one attached hydrogen (secondary N) is 1. The number of benzene rings is 1. The predicted molar refractivity (Wildman–Crippen MR) is 87.2 cm³/mol. The molecule has 3 aromatic rings. The molecule has 3 heterocycles. The summed E-state index contributed by atoms with van der Waals surface area (Å²) < 4.78 is 24.2. The molecule has 0 atom stereocenters. The minimum atomic E-state index is -1.00. The highest BCUT2D eigenvalue weighted by Crippen LogP contribution is 2.30. The van der Waals surface area contributed by atoms with Crippen LogP contribution in [0.4, 0.5) is 9.18 Å². The van der Waals surface area contributed by atoms with Crippen LogP contribution in [0, 0.1) is 5.82 Å². The van der Waals surface area contributed by atoms with Crippen molar-refractivity contribution in [3.05, 3.63) is 40.9 Å². The molecule has 2 aromatic heterocycles. The van der Waals surface area contributed by atoms with Crippen LogP contribution >= 0.6 is 0 Å². The molecule has 0 fully saturated rings. The van der Waals surface area contributed by atoms with E-state index in [2.05, 4.69) is 14.7 Å². The first kappa shape index (κ1) is 16.1. The van der Waals surface area contributed by atoms with Crippen molar-refractivity contribution in [2.75, 3.05) is 13.7 Å². The molecular weight excluding hydrogens is 345 g/mol. The third-order valence-corrected chi connectivity index (χ3v) is 4.34. The maximum atomic E-state index is 13.8. The van der Waals surface area contributed by atoms with Crippen molar-refractivity contribution in [1.82, 2.24) is 14.9 Å². The summed E-state index contributed by atoms with van der Waals surface area (Å²) in [5.74, 6) is -0.0116. The van der Waals surface area contributed by atoms with Crippen LogP contribution < -0.4 is 0 Å². The molecule has 26 heavy (non-hydrogen) atoms. The molecule has 9 heteroatoms. The molecule has 0 saturated carbocycles. The molecule has 4 rings (SSSR count). The molecule has 0 bridgehead atoms. The number of amides is 1. The van der Waals surface area contributed by atoms with Gasteiger partial charge in [0.05, 0.1) is 24.7 Å². The number of H-pyrrole nitrogens is 1. The third kappa shape index (κ3) is 2.57. The van der Waals surface area contributed by atoms with E-state index in [-0.39, 0.29) is 17.6 Å². The SMILES string of the molecule is COC(=O)c1cc(F)cc2[nH]c(-c3cc4c(o3)CN(C(=O)O)CC4)nc12. The second-order valence-electron chi connectivity index (χ2n) is 5.94. The zero-order chi connectivity index (χ0) is 18.4. The highest BCUT2D eigenvalue weighted by atomic mass is 19.1. The van der Waals surface area contributed by atoms with E-state index in [1.165, 1.54) is 18.1 Å². The fraction of sp³-hybridized carbons (Fsp3) is 0.235. The number of esters is 1. The normalized spacial score (nSPS) is 13.7. The zero-order valence-electron chi connectivity index (χ0n) is 13.7. The van der Waals surface area contributed by atoms with Crippen molar-refractivity contribution < 1.29 is 28.2 Å². The number of fused-ring (bicyclic) bond motifs is 2. The summed E-state index contributed by atoms with van der Waals surface area (Å²) in [7, 11) is 1.21. The van der Waals surface area contributed by atoms with E-state index in [9.17, 15) is 14.0 Å². The second kappa shape index (κ2) is 5.87. The minimum absolute atomic E-state index is 0.0124. The minimum Gasteiger partial charge on any atom is -0.465 e. The van der Waals surface area contributed by atoms with E-state index in [4.69, 9.17) is 9.52 Å². The lowest BCUT2D eigenvalue weighted by molar-refractivity contribution is 0.0602. The van der Waals surface area contributed by atoms with Crippen molar-refractivity contribution in [2.45, 2.75) is 13.0 Å². The fourth-order valence-electron chi connectivity index (χ4n) is 3.06. The third-order valence-electron chi connectivity index (χ3n) is 4.34. The summed E-state index contributed by atoms with van der Waals surface area (Å²) in [5.41, 5.74) is 1.52. The Kier molecular flexibility index (Phi) is 3.64. The van der Waals surface area contributed by atoms with E-state index < -0.39 is 17.9 Å². The van der Waals surface area contributed by atoms with Crippen LogP contribution in [0.25, 0.3) is 22.6 Å². The number of halogens is 1. The van der Waals surface area contributed by atoms with Gasteiger partial charge in [-0.15, -0.1) is 0 Å². The number of hydrogen-bond donors (Lipinski definition) is 2. The highest BCUT2D eigenvalue weighted by molar-refractivity contribution is 6.02. The molecule has 0 aliphatic carbocycles. The molecule has 1 aromatic carbocycles. The number of furan rings is 1. The summed E-state index contributed by atoms with van der Waals surface area (Å²) >= 11 is 0. The fourth-order valence-corrected chi connectivity index (χ4v) is 3.06. The second-order valence-corrected chi connectivity index (χ2v) is 5.94. The monoisotopic (exact) mass is 359 g/mol. The largest absolute Gasteiger partial charge is 0.465 e. The molecule has 1 aliphatic heterocycles. The van der Waals surface area contributed by atoms with Crippen LogP contribution in [0.2, 0.25) is 0 Å². The van der Waals surface area contributed by atoms with Gasteiger partial charge in [-0.2, -0.15) is 0 Å². The summed E-state index contributed by atoms with van der Waals surface area (Å²) in [6.07, 6.45) is -0.469. The van der Waals surface area contributed by atoms with E-state index in [0.717, 1.165) is 11.6 Å². The molecule has 0 radical (unpaired) electrons. The quantitative estimate of drug-likeness (QED) is 0.681. The summed E-state index contributed by atoms with van der Waals surface area (Å²) in [4.78, 5) is 31.5. The van der Waals surface area contributed by atoms with Crippen LogP contribution in [0.1, 0.15) is 21.7 Å². The maximum absolute atomic E-state index is 13.8. The van der Waals surface area contributed by atoms with Gasteiger partial charge in [-0.05, 0) is 30.2 Å². The number of ether oxygens (including phenoxy) is 1. The van der Waals surface area contributed by atoms with Crippen molar-refractivity contribution in [3.8, 4) is 11.6 Å². The Bertz CT molecular complexity index is 1040. The number of aromatic nitrogens is 2. The number of carbonyl (C=O) groups is 2. The van der Waals surface area contributed by atoms with E-state index in [0.29, 0.717) is 35.8 Å². The van der Waals surface area contributed by atoms with Crippen LogP contribution in [0.3, 0.4) is 0 Å². The number of imidazole rings is 1. The topological polar surface area (TPSA) is 109 Å². The lowest BCUT2D eigenvalue weighted by Crippen LogP contribution is -2.34. The van der Waals surface area contributed by atoms with Gasteiger partial charge >= 0.3 is 12.1 Å². The van der Waals surface area contributed by atoms with Crippen LogP contribution in [-0.2, 0) is 17.7 Å². The molecule has 1 amide bonds. The molecular formula is C17H14FN3O5. The molecule has 8 nitrogen and oxygen atoms in total. The molecule has 0 spiro atoms. The molecule has 1 aliphatic rings. The summed E-state index contributed by atoms with van der Waals surface area (Å²) in [6.45, 7) is 0.548. The van der Waals surface area contributed by atoms with Gasteiger partial charge in [0.2, 0.25) is 0 Å². The lowest BCUT2D eigenvalue weighted by Gasteiger charge is -2.22. The van der Waals surface area contributed by atoms with Crippen molar-refractivity contribution in [3.63, 3.8) is 0 Å². The number of nitrogens with zero attached hydrogens (tertiary/aromatic N) is 2. The molecule has 0 unspecified atom stereocenters. The van der Waals surface area contributed by atoms with Crippen LogP contribution in [0.5, 0.6) is 0 Å². The van der Waals surface area contributed by atoms with Crippen molar-refractivity contribution >= 4 is 23.1 Å². The lowest BCUT2D eigenvalue weighted by atomic mass is 10.1. The average molecular weight is 359 g/mol. The zero-order valence-corrected chi connectivity index (χ0v) is 13.7. The van der Waals surface area contributed by atoms with Gasteiger partial charge in [-0.3, -0.25) is 0 Å². The van der Waals surface area contributed by atoms with Crippen molar-refractivity contribution in [1.29, 1.82) is 0 Å². The Labute approximate surface area is 146 Å². The molecule has 134 valence electrons. The first-order valence-electron chi connectivity index (χ1n) is 7.83. The number of carbonyl (C=O) groups excluding carboxylic acids is 1. The van der Waals surface area contributed by atoms with Gasteiger partial charge in [-0.25, -0.2) is 19.0 Å². The standard InChI is InChI=1S/C17H14FN3O5/c1-25-16(22)10-5-9(18)6-11-14(10)20-15(19-11)12-4-8-2-3-21(17(23)24)7-13(8)26-12/h4-6H,2-3,7H2,1H3,(H,19,20)(H,23,24). The van der Waals surface area contributed by atoms with Gasteiger partial charge in [0.25, 0.3) is 0 Å². The van der Waals surface area contributed by atoms with Gasteiger partial charge in [0.1, 0.15) is 17.1 Å². The maximum Gasteiger partial charge on any atom is 0.407 e. The van der Waals surface area contributed by atoms with Crippen LogP contribution in [-0.4, -0.2) is 45.7 Å².